The molecule has 1 fully saturated rings. The summed E-state index contributed by atoms with van der Waals surface area (Å²) < 4.78 is 38.9. The zero-order chi connectivity index (χ0) is 21.6. The van der Waals surface area contributed by atoms with Crippen LogP contribution in [0.15, 0.2) is 29.3 Å². The van der Waals surface area contributed by atoms with Crippen LogP contribution in [-0.2, 0) is 14.8 Å². The molecule has 9 heteroatoms. The maximum Gasteiger partial charge on any atom is 0.213 e. The molecule has 0 spiro atoms. The highest BCUT2D eigenvalue weighted by Crippen LogP contribution is 2.39. The first kappa shape index (κ1) is 22.8. The number of fused-ring (bicyclic) bond motifs is 1. The third-order valence-corrected chi connectivity index (χ3v) is 6.73. The van der Waals surface area contributed by atoms with Gasteiger partial charge in [-0.2, -0.15) is 0 Å². The molecule has 2 atom stereocenters. The fourth-order valence-electron chi connectivity index (χ4n) is 3.85. The molecule has 3 N–H and O–H groups in total. The standard InChI is InChI=1S/C21H34N4O4S/c1-21(2)14-18(17-9-4-5-10-19(17)29-21)25-20(22-3)23-11-13-30(26,27)24-15-16-8-6-7-12-28-16/h4-5,9-10,16,18,24H,6-8,11-15H2,1-3H3,(H2,22,23,25). The second-order valence-corrected chi connectivity index (χ2v) is 10.4. The zero-order valence-electron chi connectivity index (χ0n) is 18.1. The van der Waals surface area contributed by atoms with Crippen LogP contribution in [0.4, 0.5) is 0 Å². The number of hydrogen-bond donors (Lipinski definition) is 3. The summed E-state index contributed by atoms with van der Waals surface area (Å²) >= 11 is 0. The Morgan fingerprint density at radius 1 is 1.27 bits per heavy atom. The van der Waals surface area contributed by atoms with Gasteiger partial charge in [0, 0.05) is 38.7 Å². The molecule has 0 saturated carbocycles. The number of ether oxygens (including phenoxy) is 2. The number of nitrogens with one attached hydrogen (secondary N) is 3. The molecule has 0 aromatic heterocycles. The molecule has 1 aromatic rings. The molecule has 8 nitrogen and oxygen atoms in total. The lowest BCUT2D eigenvalue weighted by Gasteiger charge is -2.38. The smallest absolute Gasteiger partial charge is 0.213 e. The first-order valence-electron chi connectivity index (χ1n) is 10.6. The maximum atomic E-state index is 12.3. The van der Waals surface area contributed by atoms with E-state index in [1.807, 2.05) is 24.3 Å². The van der Waals surface area contributed by atoms with E-state index in [-0.39, 0.29) is 30.0 Å². The van der Waals surface area contributed by atoms with Crippen LogP contribution in [0.3, 0.4) is 0 Å². The van der Waals surface area contributed by atoms with Crippen LogP contribution in [-0.4, -0.2) is 58.6 Å². The Morgan fingerprint density at radius 3 is 2.80 bits per heavy atom. The first-order valence-corrected chi connectivity index (χ1v) is 12.3. The molecule has 0 aliphatic carbocycles. The third kappa shape index (κ3) is 6.58. The van der Waals surface area contributed by atoms with E-state index in [9.17, 15) is 8.42 Å². The van der Waals surface area contributed by atoms with E-state index in [1.165, 1.54) is 0 Å². The van der Waals surface area contributed by atoms with Crippen molar-refractivity contribution in [3.63, 3.8) is 0 Å². The normalized spacial score (nSPS) is 23.9. The topological polar surface area (TPSA) is 101 Å². The summed E-state index contributed by atoms with van der Waals surface area (Å²) in [5, 5.41) is 6.53. The summed E-state index contributed by atoms with van der Waals surface area (Å²) in [6.07, 6.45) is 3.79. The molecule has 30 heavy (non-hydrogen) atoms. The van der Waals surface area contributed by atoms with Crippen LogP contribution in [0.2, 0.25) is 0 Å². The molecule has 0 amide bonds. The average Bonchev–Trinajstić information content (AvgIpc) is 2.71. The van der Waals surface area contributed by atoms with Crippen molar-refractivity contribution in [2.45, 2.75) is 57.3 Å². The Bertz CT molecular complexity index is 835. The lowest BCUT2D eigenvalue weighted by molar-refractivity contribution is 0.0200. The number of sulfonamides is 1. The predicted molar refractivity (Wildman–Crippen MR) is 118 cm³/mol. The minimum absolute atomic E-state index is 0.0205. The van der Waals surface area contributed by atoms with E-state index in [0.29, 0.717) is 19.1 Å². The second kappa shape index (κ2) is 9.98. The number of guanidine groups is 1. The predicted octanol–water partition coefficient (Wildman–Crippen LogP) is 1.94. The quantitative estimate of drug-likeness (QED) is 0.444. The van der Waals surface area contributed by atoms with Crippen molar-refractivity contribution >= 4 is 16.0 Å². The van der Waals surface area contributed by atoms with E-state index in [0.717, 1.165) is 37.0 Å². The molecule has 3 rings (SSSR count). The number of aliphatic imine (C=N–C) groups is 1. The SMILES string of the molecule is CN=C(NCCS(=O)(=O)NCC1CCCCO1)NC1CC(C)(C)Oc2ccccc21. The lowest BCUT2D eigenvalue weighted by Crippen LogP contribution is -2.46. The van der Waals surface area contributed by atoms with Crippen LogP contribution in [0.1, 0.15) is 51.1 Å². The highest BCUT2D eigenvalue weighted by Gasteiger charge is 2.34. The van der Waals surface area contributed by atoms with Gasteiger partial charge in [0.2, 0.25) is 10.0 Å². The van der Waals surface area contributed by atoms with Crippen LogP contribution in [0.25, 0.3) is 0 Å². The van der Waals surface area contributed by atoms with Gasteiger partial charge in [0.25, 0.3) is 0 Å². The van der Waals surface area contributed by atoms with E-state index >= 15 is 0 Å². The Kier molecular flexibility index (Phi) is 7.60. The van der Waals surface area contributed by atoms with Crippen molar-refractivity contribution in [2.24, 2.45) is 4.99 Å². The molecule has 1 saturated heterocycles. The summed E-state index contributed by atoms with van der Waals surface area (Å²) in [5.41, 5.74) is 0.765. The molecule has 2 aliphatic rings. The lowest BCUT2D eigenvalue weighted by atomic mass is 9.90. The largest absolute Gasteiger partial charge is 0.487 e. The molecule has 0 radical (unpaired) electrons. The summed E-state index contributed by atoms with van der Waals surface area (Å²) in [6.45, 7) is 5.42. The average molecular weight is 439 g/mol. The van der Waals surface area contributed by atoms with Crippen molar-refractivity contribution in [1.82, 2.24) is 15.4 Å². The molecule has 0 bridgehead atoms. The van der Waals surface area contributed by atoms with Crippen LogP contribution < -0.4 is 20.1 Å². The van der Waals surface area contributed by atoms with Gasteiger partial charge in [-0.1, -0.05) is 18.2 Å². The molecule has 2 aliphatic heterocycles. The maximum absolute atomic E-state index is 12.3. The van der Waals surface area contributed by atoms with Gasteiger partial charge in [-0.15, -0.1) is 0 Å². The van der Waals surface area contributed by atoms with Gasteiger partial charge in [0.15, 0.2) is 5.96 Å². The Hall–Kier alpha value is -1.84. The van der Waals surface area contributed by atoms with E-state index in [1.54, 1.807) is 7.05 Å². The number of benzene rings is 1. The van der Waals surface area contributed by atoms with Crippen molar-refractivity contribution in [2.75, 3.05) is 32.5 Å². The number of hydrogen-bond acceptors (Lipinski definition) is 5. The molecule has 1 aromatic carbocycles. The zero-order valence-corrected chi connectivity index (χ0v) is 18.9. The second-order valence-electron chi connectivity index (χ2n) is 8.46. The van der Waals surface area contributed by atoms with Gasteiger partial charge in [0.05, 0.1) is 17.9 Å². The van der Waals surface area contributed by atoms with Crippen molar-refractivity contribution < 1.29 is 17.9 Å². The van der Waals surface area contributed by atoms with Gasteiger partial charge in [-0.3, -0.25) is 4.99 Å². The molecule has 2 heterocycles. The van der Waals surface area contributed by atoms with Gasteiger partial charge in [-0.25, -0.2) is 13.1 Å². The first-order chi connectivity index (χ1) is 14.3. The molecular weight excluding hydrogens is 404 g/mol. The van der Waals surface area contributed by atoms with Crippen molar-refractivity contribution in [3.8, 4) is 5.75 Å². The van der Waals surface area contributed by atoms with E-state index < -0.39 is 10.0 Å². The summed E-state index contributed by atoms with van der Waals surface area (Å²) in [4.78, 5) is 4.26. The van der Waals surface area contributed by atoms with Gasteiger partial charge >= 0.3 is 0 Å². The van der Waals surface area contributed by atoms with Crippen LogP contribution in [0, 0.1) is 0 Å². The highest BCUT2D eigenvalue weighted by molar-refractivity contribution is 7.89. The number of para-hydroxylation sites is 1. The fourth-order valence-corrected chi connectivity index (χ4v) is 4.81. The van der Waals surface area contributed by atoms with E-state index in [2.05, 4.69) is 34.2 Å². The minimum atomic E-state index is -3.38. The number of rotatable bonds is 7. The molecule has 2 unspecified atom stereocenters. The minimum Gasteiger partial charge on any atom is -0.487 e. The summed E-state index contributed by atoms with van der Waals surface area (Å²) in [6, 6.07) is 7.97. The van der Waals surface area contributed by atoms with Gasteiger partial charge in [-0.05, 0) is 39.2 Å². The summed E-state index contributed by atoms with van der Waals surface area (Å²) in [5.74, 6) is 1.40. The third-order valence-electron chi connectivity index (χ3n) is 5.38. The Morgan fingerprint density at radius 2 is 2.07 bits per heavy atom. The summed E-state index contributed by atoms with van der Waals surface area (Å²) in [7, 11) is -1.70. The molecule has 168 valence electrons. The Balaban J connectivity index is 1.50. The van der Waals surface area contributed by atoms with Gasteiger partial charge in [0.1, 0.15) is 11.4 Å². The van der Waals surface area contributed by atoms with E-state index in [4.69, 9.17) is 9.47 Å². The van der Waals surface area contributed by atoms with Crippen molar-refractivity contribution in [3.05, 3.63) is 29.8 Å². The van der Waals surface area contributed by atoms with Crippen LogP contribution >= 0.6 is 0 Å². The highest BCUT2D eigenvalue weighted by atomic mass is 32.2. The van der Waals surface area contributed by atoms with Crippen LogP contribution in [0.5, 0.6) is 5.75 Å². The van der Waals surface area contributed by atoms with Crippen molar-refractivity contribution in [1.29, 1.82) is 0 Å². The molecular formula is C21H34N4O4S. The Labute approximate surface area is 179 Å². The monoisotopic (exact) mass is 438 g/mol. The number of nitrogens with zero attached hydrogens (tertiary/aromatic N) is 1. The fraction of sp³-hybridized carbons (Fsp3) is 0.667. The van der Waals surface area contributed by atoms with Gasteiger partial charge < -0.3 is 20.1 Å².